The maximum atomic E-state index is 8.81. The Kier molecular flexibility index (Phi) is 4.33. The van der Waals surface area contributed by atoms with Crippen molar-refractivity contribution >= 4 is 0 Å². The second kappa shape index (κ2) is 5.60. The molecule has 1 aromatic carbocycles. The Morgan fingerprint density at radius 1 is 1.31 bits per heavy atom. The van der Waals surface area contributed by atoms with Crippen LogP contribution in [0.25, 0.3) is 0 Å². The Morgan fingerprint density at radius 3 is 2.77 bits per heavy atom. The molecule has 0 aliphatic carbocycles. The maximum Gasteiger partial charge on any atom is 0.122 e. The van der Waals surface area contributed by atoms with E-state index >= 15 is 0 Å². The molecule has 0 bridgehead atoms. The molecule has 2 nitrogen and oxygen atoms in total. The van der Waals surface area contributed by atoms with E-state index < -0.39 is 0 Å². The topological polar surface area (TPSA) is 29.5 Å². The maximum absolute atomic E-state index is 8.81. The summed E-state index contributed by atoms with van der Waals surface area (Å²) in [5, 5.41) is 8.81. The van der Waals surface area contributed by atoms with Crippen molar-refractivity contribution in [3.05, 3.63) is 29.8 Å². The Bertz CT molecular complexity index is 246. The van der Waals surface area contributed by atoms with Crippen LogP contribution < -0.4 is 4.74 Å². The molecular formula is C11H16O2. The van der Waals surface area contributed by atoms with E-state index in [1.165, 1.54) is 0 Å². The van der Waals surface area contributed by atoms with Crippen molar-refractivity contribution in [1.29, 1.82) is 0 Å². The number of aliphatic hydroxyl groups excluding tert-OH is 1. The Balaban J connectivity index is 2.66. The summed E-state index contributed by atoms with van der Waals surface area (Å²) in [7, 11) is 0. The van der Waals surface area contributed by atoms with Crippen molar-refractivity contribution in [2.75, 3.05) is 13.2 Å². The first-order valence-electron chi connectivity index (χ1n) is 4.70. The zero-order valence-electron chi connectivity index (χ0n) is 7.99. The highest BCUT2D eigenvalue weighted by Gasteiger charge is 2.00. The highest BCUT2D eigenvalue weighted by molar-refractivity contribution is 5.33. The zero-order valence-corrected chi connectivity index (χ0v) is 7.99. The predicted octanol–water partition coefficient (Wildman–Crippen LogP) is 2.01. The van der Waals surface area contributed by atoms with E-state index in [1.807, 2.05) is 24.3 Å². The van der Waals surface area contributed by atoms with Crippen LogP contribution in [0.5, 0.6) is 5.75 Å². The van der Waals surface area contributed by atoms with Crippen LogP contribution in [0.15, 0.2) is 24.3 Å². The standard InChI is InChI=1S/C11H16O2/c1-2-9-13-11-6-4-3-5-10(11)7-8-12/h3-6,12H,2,7-9H2,1H3. The van der Waals surface area contributed by atoms with Crippen molar-refractivity contribution in [2.24, 2.45) is 0 Å². The molecule has 0 aliphatic heterocycles. The number of hydrogen-bond donors (Lipinski definition) is 1. The second-order valence-electron chi connectivity index (χ2n) is 2.93. The Labute approximate surface area is 79.2 Å². The van der Waals surface area contributed by atoms with Crippen molar-refractivity contribution in [3.63, 3.8) is 0 Å². The second-order valence-corrected chi connectivity index (χ2v) is 2.93. The van der Waals surface area contributed by atoms with Crippen molar-refractivity contribution in [2.45, 2.75) is 19.8 Å². The lowest BCUT2D eigenvalue weighted by molar-refractivity contribution is 0.288. The molecule has 0 atom stereocenters. The molecule has 0 spiro atoms. The SMILES string of the molecule is CCCOc1ccccc1CCO. The number of ether oxygens (including phenoxy) is 1. The van der Waals surface area contributed by atoms with E-state index in [4.69, 9.17) is 9.84 Å². The molecule has 1 rings (SSSR count). The molecule has 0 unspecified atom stereocenters. The van der Waals surface area contributed by atoms with Gasteiger partial charge in [-0.3, -0.25) is 0 Å². The summed E-state index contributed by atoms with van der Waals surface area (Å²) in [5.74, 6) is 0.901. The molecule has 0 aliphatic rings. The van der Waals surface area contributed by atoms with Gasteiger partial charge in [0.1, 0.15) is 5.75 Å². The molecule has 0 radical (unpaired) electrons. The number of rotatable bonds is 5. The molecule has 0 aromatic heterocycles. The first-order valence-corrected chi connectivity index (χ1v) is 4.70. The third kappa shape index (κ3) is 3.07. The molecular weight excluding hydrogens is 164 g/mol. The van der Waals surface area contributed by atoms with E-state index in [-0.39, 0.29) is 6.61 Å². The van der Waals surface area contributed by atoms with E-state index in [2.05, 4.69) is 6.92 Å². The van der Waals surface area contributed by atoms with Gasteiger partial charge in [0.2, 0.25) is 0 Å². The van der Waals surface area contributed by atoms with Gasteiger partial charge in [0.15, 0.2) is 0 Å². The summed E-state index contributed by atoms with van der Waals surface area (Å²) in [5.41, 5.74) is 1.08. The summed E-state index contributed by atoms with van der Waals surface area (Å²) in [6, 6.07) is 7.84. The van der Waals surface area contributed by atoms with Crippen LogP contribution in [0.2, 0.25) is 0 Å². The molecule has 1 aromatic rings. The van der Waals surface area contributed by atoms with E-state index in [0.29, 0.717) is 6.42 Å². The van der Waals surface area contributed by atoms with Gasteiger partial charge in [-0.25, -0.2) is 0 Å². The van der Waals surface area contributed by atoms with Crippen LogP contribution in [0.1, 0.15) is 18.9 Å². The quantitative estimate of drug-likeness (QED) is 0.751. The summed E-state index contributed by atoms with van der Waals surface area (Å²) in [6.45, 7) is 2.99. The highest BCUT2D eigenvalue weighted by Crippen LogP contribution is 2.18. The van der Waals surface area contributed by atoms with Gasteiger partial charge in [0.05, 0.1) is 6.61 Å². The molecule has 1 N–H and O–H groups in total. The summed E-state index contributed by atoms with van der Waals surface area (Å²) < 4.78 is 5.53. The van der Waals surface area contributed by atoms with Gasteiger partial charge in [-0.1, -0.05) is 25.1 Å². The van der Waals surface area contributed by atoms with E-state index in [9.17, 15) is 0 Å². The number of para-hydroxylation sites is 1. The predicted molar refractivity (Wildman–Crippen MR) is 53.0 cm³/mol. The van der Waals surface area contributed by atoms with E-state index in [1.54, 1.807) is 0 Å². The first-order chi connectivity index (χ1) is 6.38. The molecule has 0 saturated heterocycles. The molecule has 72 valence electrons. The normalized spacial score (nSPS) is 10.0. The first kappa shape index (κ1) is 10.1. The van der Waals surface area contributed by atoms with Gasteiger partial charge in [-0.15, -0.1) is 0 Å². The van der Waals surface area contributed by atoms with Gasteiger partial charge in [0.25, 0.3) is 0 Å². The largest absolute Gasteiger partial charge is 0.493 e. The third-order valence-corrected chi connectivity index (χ3v) is 1.82. The minimum absolute atomic E-state index is 0.173. The zero-order chi connectivity index (χ0) is 9.52. The summed E-state index contributed by atoms with van der Waals surface area (Å²) >= 11 is 0. The lowest BCUT2D eigenvalue weighted by atomic mass is 10.1. The van der Waals surface area contributed by atoms with Crippen LogP contribution in [0, 0.1) is 0 Å². The van der Waals surface area contributed by atoms with Crippen LogP contribution in [0.4, 0.5) is 0 Å². The number of benzene rings is 1. The minimum Gasteiger partial charge on any atom is -0.493 e. The average Bonchev–Trinajstić information content (AvgIpc) is 2.17. The molecule has 0 amide bonds. The van der Waals surface area contributed by atoms with Crippen LogP contribution in [0.3, 0.4) is 0 Å². The summed E-state index contributed by atoms with van der Waals surface area (Å²) in [6.07, 6.45) is 1.67. The lowest BCUT2D eigenvalue weighted by Crippen LogP contribution is -2.00. The smallest absolute Gasteiger partial charge is 0.122 e. The van der Waals surface area contributed by atoms with Gasteiger partial charge in [-0.2, -0.15) is 0 Å². The molecule has 13 heavy (non-hydrogen) atoms. The van der Waals surface area contributed by atoms with Gasteiger partial charge in [-0.05, 0) is 24.5 Å². The highest BCUT2D eigenvalue weighted by atomic mass is 16.5. The van der Waals surface area contributed by atoms with E-state index in [0.717, 1.165) is 24.3 Å². The van der Waals surface area contributed by atoms with Crippen molar-refractivity contribution in [3.8, 4) is 5.75 Å². The van der Waals surface area contributed by atoms with Crippen molar-refractivity contribution in [1.82, 2.24) is 0 Å². The third-order valence-electron chi connectivity index (χ3n) is 1.82. The Morgan fingerprint density at radius 2 is 2.08 bits per heavy atom. The van der Waals surface area contributed by atoms with Gasteiger partial charge in [0, 0.05) is 6.61 Å². The van der Waals surface area contributed by atoms with Crippen LogP contribution >= 0.6 is 0 Å². The number of hydrogen-bond acceptors (Lipinski definition) is 2. The Hall–Kier alpha value is -1.02. The monoisotopic (exact) mass is 180 g/mol. The van der Waals surface area contributed by atoms with Gasteiger partial charge >= 0.3 is 0 Å². The summed E-state index contributed by atoms with van der Waals surface area (Å²) in [4.78, 5) is 0. The molecule has 2 heteroatoms. The van der Waals surface area contributed by atoms with Crippen LogP contribution in [-0.2, 0) is 6.42 Å². The fourth-order valence-electron chi connectivity index (χ4n) is 1.18. The molecule has 0 fully saturated rings. The molecule has 0 heterocycles. The van der Waals surface area contributed by atoms with Crippen molar-refractivity contribution < 1.29 is 9.84 Å². The fourth-order valence-corrected chi connectivity index (χ4v) is 1.18. The minimum atomic E-state index is 0.173. The van der Waals surface area contributed by atoms with Gasteiger partial charge < -0.3 is 9.84 Å². The molecule has 0 saturated carbocycles. The lowest BCUT2D eigenvalue weighted by Gasteiger charge is -2.09. The average molecular weight is 180 g/mol. The number of aliphatic hydroxyl groups is 1. The fraction of sp³-hybridized carbons (Fsp3) is 0.455. The van der Waals surface area contributed by atoms with Crippen LogP contribution in [-0.4, -0.2) is 18.3 Å².